The quantitative estimate of drug-likeness (QED) is 0.645. The van der Waals surface area contributed by atoms with Crippen molar-refractivity contribution in [2.75, 3.05) is 19.5 Å². The van der Waals surface area contributed by atoms with Crippen molar-refractivity contribution in [3.05, 3.63) is 47.8 Å². The SMILES string of the molecule is CC.CCl.NS(=O)(=O)c1ccn(-c2ccc(C3CCNCC3)cc2)c1C(=O)O. The Kier molecular flexibility index (Phi) is 9.68. The lowest BCUT2D eigenvalue weighted by molar-refractivity contribution is 0.0684. The molecule has 0 amide bonds. The maximum Gasteiger partial charge on any atom is 0.354 e. The van der Waals surface area contributed by atoms with E-state index in [1.165, 1.54) is 28.8 Å². The van der Waals surface area contributed by atoms with Crippen molar-refractivity contribution in [2.45, 2.75) is 37.5 Å². The predicted octanol–water partition coefficient (Wildman–Crippen LogP) is 3.17. The highest BCUT2D eigenvalue weighted by Gasteiger charge is 2.24. The number of carbonyl (C=O) groups is 1. The number of sulfonamides is 1. The van der Waals surface area contributed by atoms with E-state index in [1.54, 1.807) is 12.1 Å². The second-order valence-electron chi connectivity index (χ2n) is 5.86. The smallest absolute Gasteiger partial charge is 0.354 e. The van der Waals surface area contributed by atoms with E-state index in [9.17, 15) is 18.3 Å². The molecule has 0 bridgehead atoms. The van der Waals surface area contributed by atoms with Gasteiger partial charge < -0.3 is 15.0 Å². The summed E-state index contributed by atoms with van der Waals surface area (Å²) in [6.07, 6.45) is 5.01. The van der Waals surface area contributed by atoms with Gasteiger partial charge in [0.2, 0.25) is 10.0 Å². The number of benzene rings is 1. The molecule has 0 aliphatic carbocycles. The largest absolute Gasteiger partial charge is 0.477 e. The van der Waals surface area contributed by atoms with Crippen LogP contribution in [0.2, 0.25) is 0 Å². The zero-order valence-corrected chi connectivity index (χ0v) is 17.9. The summed E-state index contributed by atoms with van der Waals surface area (Å²) in [7, 11) is -4.10. The Labute approximate surface area is 171 Å². The summed E-state index contributed by atoms with van der Waals surface area (Å²) in [6, 6.07) is 8.74. The first-order valence-electron chi connectivity index (χ1n) is 9.04. The fraction of sp³-hybridized carbons (Fsp3) is 0.421. The van der Waals surface area contributed by atoms with Crippen LogP contribution in [0.5, 0.6) is 0 Å². The van der Waals surface area contributed by atoms with Gasteiger partial charge in [0.25, 0.3) is 0 Å². The van der Waals surface area contributed by atoms with Gasteiger partial charge in [-0.15, -0.1) is 11.6 Å². The number of carboxylic acid groups (broad SMARTS) is 1. The third kappa shape index (κ3) is 5.81. The van der Waals surface area contributed by atoms with Crippen molar-refractivity contribution in [2.24, 2.45) is 5.14 Å². The lowest BCUT2D eigenvalue weighted by atomic mass is 9.90. The number of alkyl halides is 1. The summed E-state index contributed by atoms with van der Waals surface area (Å²) < 4.78 is 24.4. The molecular formula is C19H28ClN3O4S. The summed E-state index contributed by atoms with van der Waals surface area (Å²) in [5, 5.41) is 17.8. The minimum absolute atomic E-state index is 0.355. The van der Waals surface area contributed by atoms with E-state index in [4.69, 9.17) is 5.14 Å². The summed E-state index contributed by atoms with van der Waals surface area (Å²) >= 11 is 4.64. The predicted molar refractivity (Wildman–Crippen MR) is 112 cm³/mol. The maximum absolute atomic E-state index is 11.6. The normalized spacial score (nSPS) is 14.3. The van der Waals surface area contributed by atoms with Crippen molar-refractivity contribution < 1.29 is 18.3 Å². The third-order valence-electron chi connectivity index (χ3n) is 4.34. The minimum Gasteiger partial charge on any atom is -0.477 e. The van der Waals surface area contributed by atoms with Crippen LogP contribution in [0.4, 0.5) is 0 Å². The van der Waals surface area contributed by atoms with Crippen LogP contribution < -0.4 is 10.5 Å². The molecule has 1 aliphatic heterocycles. The van der Waals surface area contributed by atoms with Gasteiger partial charge in [-0.2, -0.15) is 0 Å². The fourth-order valence-corrected chi connectivity index (χ4v) is 3.84. The number of nitrogens with two attached hydrogens (primary N) is 1. The summed E-state index contributed by atoms with van der Waals surface area (Å²) in [5.41, 5.74) is 1.43. The van der Waals surface area contributed by atoms with E-state index < -0.39 is 20.9 Å². The van der Waals surface area contributed by atoms with Crippen LogP contribution in [0.15, 0.2) is 41.4 Å². The summed E-state index contributed by atoms with van der Waals surface area (Å²) in [4.78, 5) is 11.1. The Balaban J connectivity index is 0.000000921. The second-order valence-corrected chi connectivity index (χ2v) is 7.39. The zero-order chi connectivity index (χ0) is 21.3. The van der Waals surface area contributed by atoms with Crippen molar-refractivity contribution in [1.82, 2.24) is 9.88 Å². The van der Waals surface area contributed by atoms with Crippen LogP contribution in [-0.2, 0) is 10.0 Å². The molecule has 2 aromatic rings. The summed E-state index contributed by atoms with van der Waals surface area (Å²) in [5.74, 6) is -0.852. The molecule has 1 saturated heterocycles. The van der Waals surface area contributed by atoms with Crippen molar-refractivity contribution >= 4 is 27.6 Å². The van der Waals surface area contributed by atoms with E-state index >= 15 is 0 Å². The molecule has 0 unspecified atom stereocenters. The molecule has 156 valence electrons. The van der Waals surface area contributed by atoms with Gasteiger partial charge in [-0.1, -0.05) is 26.0 Å². The van der Waals surface area contributed by atoms with Gasteiger partial charge in [0.15, 0.2) is 5.69 Å². The highest BCUT2D eigenvalue weighted by Crippen LogP contribution is 2.27. The standard InChI is InChI=1S/C16H19N3O4S.C2H6.CH3Cl/c17-24(22,23)14-7-10-19(15(14)16(20)21)13-3-1-11(2-4-13)12-5-8-18-9-6-12;2*1-2/h1-4,7,10,12,18H,5-6,8-9H2,(H,20,21)(H2,17,22,23);1-2H3;1H3. The number of aromatic carboxylic acids is 1. The highest BCUT2D eigenvalue weighted by atomic mass is 35.5. The van der Waals surface area contributed by atoms with Crippen LogP contribution in [0.25, 0.3) is 5.69 Å². The number of piperidine rings is 1. The first-order chi connectivity index (χ1) is 13.4. The maximum atomic E-state index is 11.6. The van der Waals surface area contributed by atoms with E-state index in [-0.39, 0.29) is 5.69 Å². The molecule has 3 rings (SSSR count). The first-order valence-corrected chi connectivity index (χ1v) is 11.3. The average Bonchev–Trinajstić information content (AvgIpc) is 3.18. The van der Waals surface area contributed by atoms with Crippen LogP contribution >= 0.6 is 11.6 Å². The van der Waals surface area contributed by atoms with Gasteiger partial charge in [0.1, 0.15) is 4.90 Å². The topological polar surface area (TPSA) is 114 Å². The third-order valence-corrected chi connectivity index (χ3v) is 5.28. The van der Waals surface area contributed by atoms with E-state index in [0.717, 1.165) is 25.9 Å². The second kappa shape index (κ2) is 11.2. The number of nitrogens with one attached hydrogen (secondary N) is 1. The molecule has 1 aromatic carbocycles. The fourth-order valence-electron chi connectivity index (χ4n) is 3.13. The van der Waals surface area contributed by atoms with Crippen LogP contribution in [0.1, 0.15) is 48.7 Å². The molecule has 0 radical (unpaired) electrons. The number of hydrogen-bond acceptors (Lipinski definition) is 4. The molecule has 0 atom stereocenters. The van der Waals surface area contributed by atoms with Crippen LogP contribution in [0.3, 0.4) is 0 Å². The van der Waals surface area contributed by atoms with Crippen molar-refractivity contribution in [3.8, 4) is 5.69 Å². The van der Waals surface area contributed by atoms with E-state index in [2.05, 4.69) is 16.9 Å². The molecule has 0 saturated carbocycles. The Morgan fingerprint density at radius 3 is 2.14 bits per heavy atom. The number of aromatic nitrogens is 1. The lowest BCUT2D eigenvalue weighted by Gasteiger charge is -2.23. The number of hydrogen-bond donors (Lipinski definition) is 3. The summed E-state index contributed by atoms with van der Waals surface area (Å²) in [6.45, 7) is 5.98. The first kappa shape index (κ1) is 24.2. The molecule has 0 spiro atoms. The van der Waals surface area contributed by atoms with Crippen LogP contribution in [-0.4, -0.2) is 43.5 Å². The molecule has 2 heterocycles. The Morgan fingerprint density at radius 2 is 1.68 bits per heavy atom. The molecule has 9 heteroatoms. The number of carboxylic acids is 1. The zero-order valence-electron chi connectivity index (χ0n) is 16.4. The van der Waals surface area contributed by atoms with E-state index in [0.29, 0.717) is 11.6 Å². The molecule has 4 N–H and O–H groups in total. The van der Waals surface area contributed by atoms with Gasteiger partial charge >= 0.3 is 5.97 Å². The Morgan fingerprint density at radius 1 is 1.14 bits per heavy atom. The number of halogens is 1. The van der Waals surface area contributed by atoms with E-state index in [1.807, 2.05) is 26.0 Å². The molecule has 1 aromatic heterocycles. The van der Waals surface area contributed by atoms with Gasteiger partial charge in [-0.05, 0) is 55.6 Å². The van der Waals surface area contributed by atoms with Gasteiger partial charge in [0, 0.05) is 18.3 Å². The minimum atomic E-state index is -4.10. The molecule has 1 aliphatic rings. The molecular weight excluding hydrogens is 402 g/mol. The molecule has 7 nitrogen and oxygen atoms in total. The Bertz CT molecular complexity index is 858. The van der Waals surface area contributed by atoms with Crippen molar-refractivity contribution in [3.63, 3.8) is 0 Å². The lowest BCUT2D eigenvalue weighted by Crippen LogP contribution is -2.26. The van der Waals surface area contributed by atoms with Gasteiger partial charge in [-0.3, -0.25) is 0 Å². The van der Waals surface area contributed by atoms with Crippen LogP contribution in [0, 0.1) is 0 Å². The number of nitrogens with zero attached hydrogens (tertiary/aromatic N) is 1. The van der Waals surface area contributed by atoms with Crippen molar-refractivity contribution in [1.29, 1.82) is 0 Å². The Hall–Kier alpha value is -1.87. The molecule has 1 fully saturated rings. The number of rotatable bonds is 4. The molecule has 28 heavy (non-hydrogen) atoms. The average molecular weight is 430 g/mol. The van der Waals surface area contributed by atoms with Gasteiger partial charge in [-0.25, -0.2) is 18.4 Å². The monoisotopic (exact) mass is 429 g/mol. The highest BCUT2D eigenvalue weighted by molar-refractivity contribution is 7.89. The van der Waals surface area contributed by atoms with Gasteiger partial charge in [0.05, 0.1) is 0 Å². The number of primary sulfonamides is 1.